The third kappa shape index (κ3) is 3.13. The molecule has 0 N–H and O–H groups in total. The molecular weight excluding hydrogens is 246 g/mol. The summed E-state index contributed by atoms with van der Waals surface area (Å²) in [7, 11) is 1.86. The van der Waals surface area contributed by atoms with Crippen LogP contribution < -0.4 is 4.57 Å². The number of imidazole rings is 1. The minimum Gasteiger partial charge on any atom is -0.466 e. The van der Waals surface area contributed by atoms with Gasteiger partial charge in [0.1, 0.15) is 12.4 Å². The highest BCUT2D eigenvalue weighted by Gasteiger charge is 2.31. The van der Waals surface area contributed by atoms with Crippen LogP contribution in [0.1, 0.15) is 19.8 Å². The lowest BCUT2D eigenvalue weighted by Crippen LogP contribution is -2.44. The molecule has 1 aliphatic heterocycles. The fourth-order valence-electron chi connectivity index (χ4n) is 2.33. The van der Waals surface area contributed by atoms with Gasteiger partial charge in [-0.2, -0.15) is 4.57 Å². The van der Waals surface area contributed by atoms with E-state index in [-0.39, 0.29) is 17.9 Å². The highest BCUT2D eigenvalue weighted by atomic mass is 16.5. The molecule has 6 heteroatoms. The van der Waals surface area contributed by atoms with Crippen LogP contribution >= 0.6 is 0 Å². The van der Waals surface area contributed by atoms with E-state index in [9.17, 15) is 9.59 Å². The number of amides is 1. The summed E-state index contributed by atoms with van der Waals surface area (Å²) in [5.74, 6) is -0.389. The Kier molecular flexibility index (Phi) is 4.19. The largest absolute Gasteiger partial charge is 0.466 e. The maximum atomic E-state index is 12.3. The number of aromatic nitrogens is 2. The monoisotopic (exact) mass is 266 g/mol. The minimum atomic E-state index is -0.196. The van der Waals surface area contributed by atoms with Crippen molar-refractivity contribution in [2.75, 3.05) is 19.7 Å². The van der Waals surface area contributed by atoms with Crippen molar-refractivity contribution < 1.29 is 18.9 Å². The van der Waals surface area contributed by atoms with E-state index in [1.54, 1.807) is 24.3 Å². The van der Waals surface area contributed by atoms with E-state index in [4.69, 9.17) is 4.74 Å². The number of carbonyl (C=O) groups is 2. The molecule has 0 spiro atoms. The fourth-order valence-corrected chi connectivity index (χ4v) is 2.33. The molecule has 1 amide bonds. The van der Waals surface area contributed by atoms with Gasteiger partial charge in [0, 0.05) is 13.1 Å². The second-order valence-electron chi connectivity index (χ2n) is 4.81. The van der Waals surface area contributed by atoms with Gasteiger partial charge in [-0.1, -0.05) is 0 Å². The molecule has 0 radical (unpaired) electrons. The SMILES string of the molecule is CCOC(=O)[C@@H]1CCCN(C(=O)n2cc[n+](C)c2)C1. The van der Waals surface area contributed by atoms with E-state index in [2.05, 4.69) is 0 Å². The summed E-state index contributed by atoms with van der Waals surface area (Å²) in [6.45, 7) is 3.32. The van der Waals surface area contributed by atoms with Gasteiger partial charge in [-0.3, -0.25) is 4.79 Å². The Balaban J connectivity index is 2.01. The molecule has 0 saturated carbocycles. The molecule has 19 heavy (non-hydrogen) atoms. The van der Waals surface area contributed by atoms with Crippen molar-refractivity contribution in [1.29, 1.82) is 0 Å². The van der Waals surface area contributed by atoms with Crippen molar-refractivity contribution in [3.8, 4) is 0 Å². The van der Waals surface area contributed by atoms with Gasteiger partial charge in [0.25, 0.3) is 6.33 Å². The molecule has 1 fully saturated rings. The van der Waals surface area contributed by atoms with Crippen LogP contribution in [-0.2, 0) is 16.6 Å². The van der Waals surface area contributed by atoms with Gasteiger partial charge in [0.2, 0.25) is 0 Å². The Bertz CT molecular complexity index is 469. The molecule has 0 unspecified atom stereocenters. The number of esters is 1. The Labute approximate surface area is 112 Å². The van der Waals surface area contributed by atoms with Crippen molar-refractivity contribution in [3.05, 3.63) is 18.7 Å². The van der Waals surface area contributed by atoms with E-state index >= 15 is 0 Å². The number of aryl methyl sites for hydroxylation is 1. The zero-order chi connectivity index (χ0) is 13.8. The van der Waals surface area contributed by atoms with Crippen LogP contribution in [0.4, 0.5) is 4.79 Å². The maximum absolute atomic E-state index is 12.3. The first-order valence-corrected chi connectivity index (χ1v) is 6.61. The van der Waals surface area contributed by atoms with Crippen LogP contribution in [-0.4, -0.2) is 41.2 Å². The van der Waals surface area contributed by atoms with E-state index < -0.39 is 0 Å². The number of rotatable bonds is 2. The third-order valence-corrected chi connectivity index (χ3v) is 3.30. The number of piperidine rings is 1. The number of nitrogens with zero attached hydrogens (tertiary/aromatic N) is 3. The van der Waals surface area contributed by atoms with Crippen LogP contribution in [0, 0.1) is 5.92 Å². The van der Waals surface area contributed by atoms with Crippen LogP contribution in [0.25, 0.3) is 0 Å². The minimum absolute atomic E-state index is 0.0883. The summed E-state index contributed by atoms with van der Waals surface area (Å²) in [5.41, 5.74) is 0. The summed E-state index contributed by atoms with van der Waals surface area (Å²) in [6, 6.07) is -0.0883. The van der Waals surface area contributed by atoms with Crippen molar-refractivity contribution in [2.45, 2.75) is 19.8 Å². The number of likely N-dealkylation sites (tertiary alicyclic amines) is 1. The average molecular weight is 266 g/mol. The Morgan fingerprint density at radius 2 is 2.26 bits per heavy atom. The molecule has 1 atom stereocenters. The van der Waals surface area contributed by atoms with Crippen molar-refractivity contribution in [1.82, 2.24) is 9.47 Å². The Morgan fingerprint density at radius 1 is 1.47 bits per heavy atom. The first kappa shape index (κ1) is 13.6. The summed E-state index contributed by atoms with van der Waals surface area (Å²) >= 11 is 0. The zero-order valence-electron chi connectivity index (χ0n) is 11.4. The molecule has 104 valence electrons. The number of hydrogen-bond acceptors (Lipinski definition) is 3. The molecule has 1 saturated heterocycles. The molecule has 2 rings (SSSR count). The zero-order valence-corrected chi connectivity index (χ0v) is 11.4. The van der Waals surface area contributed by atoms with Crippen LogP contribution in [0.2, 0.25) is 0 Å². The normalized spacial score (nSPS) is 19.3. The quantitative estimate of drug-likeness (QED) is 0.580. The predicted molar refractivity (Wildman–Crippen MR) is 67.3 cm³/mol. The lowest BCUT2D eigenvalue weighted by Gasteiger charge is -2.29. The molecule has 0 aromatic carbocycles. The summed E-state index contributed by atoms with van der Waals surface area (Å²) in [6.07, 6.45) is 6.88. The number of hydrogen-bond donors (Lipinski definition) is 0. The average Bonchev–Trinajstić information content (AvgIpc) is 2.85. The molecule has 6 nitrogen and oxygen atoms in total. The van der Waals surface area contributed by atoms with Gasteiger partial charge in [-0.25, -0.2) is 9.36 Å². The van der Waals surface area contributed by atoms with Crippen LogP contribution in [0.15, 0.2) is 18.7 Å². The van der Waals surface area contributed by atoms with E-state index in [1.807, 2.05) is 17.8 Å². The van der Waals surface area contributed by atoms with E-state index in [0.717, 1.165) is 12.8 Å². The first-order valence-electron chi connectivity index (χ1n) is 6.61. The van der Waals surface area contributed by atoms with Crippen molar-refractivity contribution in [2.24, 2.45) is 13.0 Å². The van der Waals surface area contributed by atoms with Gasteiger partial charge in [-0.15, -0.1) is 0 Å². The van der Waals surface area contributed by atoms with Gasteiger partial charge < -0.3 is 9.64 Å². The van der Waals surface area contributed by atoms with E-state index in [1.165, 1.54) is 4.57 Å². The van der Waals surface area contributed by atoms with Gasteiger partial charge in [0.15, 0.2) is 0 Å². The topological polar surface area (TPSA) is 55.4 Å². The molecule has 2 heterocycles. The first-order chi connectivity index (χ1) is 9.11. The van der Waals surface area contributed by atoms with Crippen LogP contribution in [0.3, 0.4) is 0 Å². The fraction of sp³-hybridized carbons (Fsp3) is 0.615. The summed E-state index contributed by atoms with van der Waals surface area (Å²) < 4.78 is 8.38. The standard InChI is InChI=1S/C13H20N3O3/c1-3-19-12(17)11-5-4-6-15(9-11)13(18)16-8-7-14(2)10-16/h7-8,10-11H,3-6,9H2,1-2H3/q+1/t11-/m1/s1. The third-order valence-electron chi connectivity index (χ3n) is 3.30. The van der Waals surface area contributed by atoms with E-state index in [0.29, 0.717) is 19.7 Å². The lowest BCUT2D eigenvalue weighted by molar-refractivity contribution is -0.670. The van der Waals surface area contributed by atoms with Gasteiger partial charge in [0.05, 0.1) is 19.6 Å². The molecular formula is C13H20N3O3+. The molecule has 1 aromatic heterocycles. The molecule has 1 aliphatic rings. The second kappa shape index (κ2) is 5.86. The Hall–Kier alpha value is -1.85. The number of carbonyl (C=O) groups excluding carboxylic acids is 2. The Morgan fingerprint density at radius 3 is 2.89 bits per heavy atom. The highest BCUT2D eigenvalue weighted by Crippen LogP contribution is 2.18. The summed E-state index contributed by atoms with van der Waals surface area (Å²) in [5, 5.41) is 0. The van der Waals surface area contributed by atoms with Crippen molar-refractivity contribution in [3.63, 3.8) is 0 Å². The smallest absolute Gasteiger partial charge is 0.415 e. The van der Waals surface area contributed by atoms with Gasteiger partial charge >= 0.3 is 12.0 Å². The summed E-state index contributed by atoms with van der Waals surface area (Å²) in [4.78, 5) is 25.7. The molecule has 0 aliphatic carbocycles. The van der Waals surface area contributed by atoms with Crippen molar-refractivity contribution >= 4 is 12.0 Å². The second-order valence-corrected chi connectivity index (χ2v) is 4.81. The molecule has 0 bridgehead atoms. The van der Waals surface area contributed by atoms with Crippen LogP contribution in [0.5, 0.6) is 0 Å². The molecule has 1 aromatic rings. The lowest BCUT2D eigenvalue weighted by atomic mass is 9.98. The van der Waals surface area contributed by atoms with Gasteiger partial charge in [-0.05, 0) is 19.8 Å². The number of ether oxygens (including phenoxy) is 1. The predicted octanol–water partition coefficient (Wildman–Crippen LogP) is 0.556. The maximum Gasteiger partial charge on any atom is 0.415 e. The highest BCUT2D eigenvalue weighted by molar-refractivity contribution is 5.78.